The number of hydrogen-bond donors (Lipinski definition) is 1. The Bertz CT molecular complexity index is 2980. The number of imidazole rings is 1. The molecule has 1 unspecified atom stereocenters. The zero-order valence-corrected chi connectivity index (χ0v) is 40.6. The van der Waals surface area contributed by atoms with Gasteiger partial charge in [-0.2, -0.15) is 0 Å². The van der Waals surface area contributed by atoms with Crippen LogP contribution in [-0.2, 0) is 19.2 Å². The Labute approximate surface area is 415 Å². The average Bonchev–Trinajstić information content (AvgIpc) is 4.01. The highest BCUT2D eigenvalue weighted by atomic mass is 19.2. The van der Waals surface area contributed by atoms with Crippen molar-refractivity contribution < 1.29 is 42.1 Å². The number of fused-ring (bicyclic) bond motifs is 2. The van der Waals surface area contributed by atoms with Crippen molar-refractivity contribution in [3.8, 4) is 11.1 Å². The van der Waals surface area contributed by atoms with E-state index in [1.165, 1.54) is 6.07 Å². The van der Waals surface area contributed by atoms with Crippen LogP contribution < -0.4 is 15.1 Å². The summed E-state index contributed by atoms with van der Waals surface area (Å²) in [5.74, 6) is -2.23. The van der Waals surface area contributed by atoms with E-state index >= 15 is 0 Å². The molecule has 3 aromatic carbocycles. The van der Waals surface area contributed by atoms with Crippen LogP contribution in [0.15, 0.2) is 59.1 Å². The van der Waals surface area contributed by atoms with Gasteiger partial charge in [0.15, 0.2) is 11.6 Å². The SMILES string of the molecule is Cc1noc(C)c1-c1ccc2c(c1)nc([C@@H]1CCCC(=O)N1c1ccc(F)c(F)c1)n2C1CCN(CC(=O)N2CCC(CN3CCN(c4cccc5c4C(=O)N(C4CCC(=O)NC4=O)C5=O)CC3)CC2)CC1. The summed E-state index contributed by atoms with van der Waals surface area (Å²) in [4.78, 5) is 95.7. The summed E-state index contributed by atoms with van der Waals surface area (Å²) in [6, 6.07) is 13.5. The molecule has 0 radical (unpaired) electrons. The number of nitrogens with one attached hydrogen (secondary N) is 1. The van der Waals surface area contributed by atoms with Gasteiger partial charge < -0.3 is 23.8 Å². The van der Waals surface area contributed by atoms with E-state index in [2.05, 4.69) is 35.8 Å². The van der Waals surface area contributed by atoms with Crippen LogP contribution >= 0.6 is 0 Å². The second-order valence-corrected chi connectivity index (χ2v) is 20.3. The first-order valence-electron chi connectivity index (χ1n) is 25.4. The first-order valence-corrected chi connectivity index (χ1v) is 25.4. The summed E-state index contributed by atoms with van der Waals surface area (Å²) in [7, 11) is 0. The van der Waals surface area contributed by atoms with Gasteiger partial charge in [-0.1, -0.05) is 17.3 Å². The predicted octanol–water partition coefficient (Wildman–Crippen LogP) is 5.94. The number of halogens is 2. The van der Waals surface area contributed by atoms with Crippen LogP contribution in [0, 0.1) is 31.4 Å². The molecule has 6 aliphatic rings. The molecule has 0 bridgehead atoms. The number of piperazine rings is 1. The van der Waals surface area contributed by atoms with Crippen molar-refractivity contribution in [1.29, 1.82) is 0 Å². The number of hydrogen-bond acceptors (Lipinski definition) is 12. The lowest BCUT2D eigenvalue weighted by molar-refractivity contribution is -0.136. The molecule has 2 aromatic heterocycles. The standard InChI is InChI=1S/C53H58F2N10O7/c1-31-48(32(2)72-58-31)34-9-12-41-40(27-34)56-50(43-7-4-8-46(67)63(43)36-10-11-38(54)39(55)28-36)64(41)35-17-19-59(20-18-35)30-47(68)62-21-15-33(16-22-62)29-60-23-25-61(26-24-60)42-6-3-5-37-49(42)53(71)65(52(37)70)44-13-14-45(66)57-51(44)69/h3,5-6,9-12,27-28,33,35,43-44H,4,7-8,13-26,29-30H2,1-2H3,(H,57,66,69)/t43-,44?/m0/s1. The number of carbonyl (C=O) groups is 6. The Balaban J connectivity index is 0.705. The minimum atomic E-state index is -1.02. The molecule has 5 saturated heterocycles. The highest BCUT2D eigenvalue weighted by Gasteiger charge is 2.46. The van der Waals surface area contributed by atoms with Gasteiger partial charge in [0.05, 0.1) is 46.1 Å². The maximum absolute atomic E-state index is 14.7. The van der Waals surface area contributed by atoms with Crippen molar-refractivity contribution in [1.82, 2.24) is 39.6 Å². The highest BCUT2D eigenvalue weighted by molar-refractivity contribution is 6.25. The summed E-state index contributed by atoms with van der Waals surface area (Å²) >= 11 is 0. The molecule has 11 rings (SSSR count). The fourth-order valence-corrected chi connectivity index (χ4v) is 12.1. The summed E-state index contributed by atoms with van der Waals surface area (Å²) in [5.41, 5.74) is 5.83. The third kappa shape index (κ3) is 8.73. The second kappa shape index (κ2) is 19.3. The molecule has 0 saturated carbocycles. The van der Waals surface area contributed by atoms with E-state index in [1.54, 1.807) is 17.0 Å². The lowest BCUT2D eigenvalue weighted by atomic mass is 9.95. The molecule has 72 heavy (non-hydrogen) atoms. The third-order valence-corrected chi connectivity index (χ3v) is 15.9. The fraction of sp³-hybridized carbons (Fsp3) is 0.472. The molecule has 0 spiro atoms. The van der Waals surface area contributed by atoms with E-state index in [0.29, 0.717) is 99.5 Å². The fourth-order valence-electron chi connectivity index (χ4n) is 12.1. The number of imide groups is 2. The number of aryl methyl sites for hydroxylation is 2. The number of aromatic nitrogens is 3. The quantitative estimate of drug-likeness (QED) is 0.163. The van der Waals surface area contributed by atoms with Gasteiger partial charge >= 0.3 is 0 Å². The Morgan fingerprint density at radius 3 is 2.25 bits per heavy atom. The molecular formula is C53H58F2N10O7. The molecule has 17 nitrogen and oxygen atoms in total. The number of amides is 6. The van der Waals surface area contributed by atoms with Crippen molar-refractivity contribution in [3.63, 3.8) is 0 Å². The number of piperidine rings is 4. The topological polar surface area (TPSA) is 178 Å². The Hall–Kier alpha value is -6.86. The maximum Gasteiger partial charge on any atom is 0.264 e. The van der Waals surface area contributed by atoms with Crippen LogP contribution in [0.3, 0.4) is 0 Å². The van der Waals surface area contributed by atoms with Crippen LogP contribution in [-0.4, -0.2) is 141 Å². The van der Waals surface area contributed by atoms with Crippen LogP contribution in [0.1, 0.15) is 108 Å². The van der Waals surface area contributed by atoms with Crippen molar-refractivity contribution in [2.75, 3.05) is 75.2 Å². The Morgan fingerprint density at radius 1 is 0.750 bits per heavy atom. The van der Waals surface area contributed by atoms with Crippen LogP contribution in [0.2, 0.25) is 0 Å². The molecule has 6 aliphatic heterocycles. The minimum Gasteiger partial charge on any atom is -0.368 e. The van der Waals surface area contributed by atoms with Crippen molar-refractivity contribution in [3.05, 3.63) is 94.6 Å². The van der Waals surface area contributed by atoms with Crippen molar-refractivity contribution in [2.45, 2.75) is 89.8 Å². The molecule has 5 fully saturated rings. The molecule has 1 N–H and O–H groups in total. The first-order chi connectivity index (χ1) is 34.8. The Morgan fingerprint density at radius 2 is 1.53 bits per heavy atom. The third-order valence-electron chi connectivity index (χ3n) is 15.9. The number of anilines is 2. The number of likely N-dealkylation sites (tertiary alicyclic amines) is 2. The van der Waals surface area contributed by atoms with Gasteiger partial charge in [-0.15, -0.1) is 0 Å². The Kier molecular flexibility index (Phi) is 12.7. The van der Waals surface area contributed by atoms with Crippen molar-refractivity contribution >= 4 is 57.9 Å². The molecule has 2 atom stereocenters. The summed E-state index contributed by atoms with van der Waals surface area (Å²) in [5, 5.41) is 6.42. The van der Waals surface area contributed by atoms with Gasteiger partial charge in [0, 0.05) is 95.1 Å². The van der Waals surface area contributed by atoms with E-state index < -0.39 is 47.3 Å². The van der Waals surface area contributed by atoms with Gasteiger partial charge in [-0.25, -0.2) is 13.8 Å². The monoisotopic (exact) mass is 984 g/mol. The molecule has 6 amide bonds. The van der Waals surface area contributed by atoms with Gasteiger partial charge in [0.2, 0.25) is 23.6 Å². The van der Waals surface area contributed by atoms with E-state index in [4.69, 9.17) is 9.51 Å². The second-order valence-electron chi connectivity index (χ2n) is 20.3. The number of carbonyl (C=O) groups excluding carboxylic acids is 6. The predicted molar refractivity (Wildman–Crippen MR) is 261 cm³/mol. The number of benzene rings is 3. The molecule has 0 aliphatic carbocycles. The van der Waals surface area contributed by atoms with E-state index in [9.17, 15) is 37.5 Å². The minimum absolute atomic E-state index is 0.0123. The van der Waals surface area contributed by atoms with Crippen LogP contribution in [0.25, 0.3) is 22.2 Å². The normalized spacial score (nSPS) is 22.1. The average molecular weight is 985 g/mol. The summed E-state index contributed by atoms with van der Waals surface area (Å²) < 4.78 is 36.6. The number of nitrogens with zero attached hydrogens (tertiary/aromatic N) is 9. The smallest absolute Gasteiger partial charge is 0.264 e. The van der Waals surface area contributed by atoms with Crippen LogP contribution in [0.4, 0.5) is 20.2 Å². The lowest BCUT2D eigenvalue weighted by Crippen LogP contribution is -2.54. The molecule has 5 aromatic rings. The summed E-state index contributed by atoms with van der Waals surface area (Å²) in [6.07, 6.45) is 5.02. The van der Waals surface area contributed by atoms with Gasteiger partial charge in [-0.3, -0.25) is 48.8 Å². The largest absolute Gasteiger partial charge is 0.368 e. The van der Waals surface area contributed by atoms with Gasteiger partial charge in [-0.05, 0) is 107 Å². The highest BCUT2D eigenvalue weighted by Crippen LogP contribution is 2.42. The lowest BCUT2D eigenvalue weighted by Gasteiger charge is -2.40. The number of rotatable bonds is 10. The van der Waals surface area contributed by atoms with E-state index in [0.717, 1.165) is 90.2 Å². The van der Waals surface area contributed by atoms with E-state index in [-0.39, 0.29) is 36.3 Å². The molecule has 8 heterocycles. The zero-order valence-electron chi connectivity index (χ0n) is 40.6. The van der Waals surface area contributed by atoms with Gasteiger partial charge in [0.25, 0.3) is 11.8 Å². The van der Waals surface area contributed by atoms with Crippen LogP contribution in [0.5, 0.6) is 0 Å². The molecular weight excluding hydrogens is 927 g/mol. The zero-order chi connectivity index (χ0) is 49.9. The summed E-state index contributed by atoms with van der Waals surface area (Å²) in [6.45, 7) is 10.7. The van der Waals surface area contributed by atoms with Gasteiger partial charge in [0.1, 0.15) is 17.6 Å². The molecule has 19 heteroatoms. The molecule has 376 valence electrons. The van der Waals surface area contributed by atoms with E-state index in [1.807, 2.05) is 36.9 Å². The first kappa shape index (κ1) is 47.5. The maximum atomic E-state index is 14.7. The van der Waals surface area contributed by atoms with Crippen molar-refractivity contribution in [2.24, 2.45) is 5.92 Å².